The fourth-order valence-electron chi connectivity index (χ4n) is 2.35. The molecule has 0 spiro atoms. The van der Waals surface area contributed by atoms with Gasteiger partial charge >= 0.3 is 0 Å². The zero-order valence-electron chi connectivity index (χ0n) is 11.7. The van der Waals surface area contributed by atoms with E-state index in [0.29, 0.717) is 6.04 Å². The van der Waals surface area contributed by atoms with Gasteiger partial charge in [-0.3, -0.25) is 4.90 Å². The molecule has 1 N–H and O–H groups in total. The minimum Gasteiger partial charge on any atom is -0.388 e. The van der Waals surface area contributed by atoms with Gasteiger partial charge in [-0.1, -0.05) is 11.3 Å². The number of aryl methyl sites for hydroxylation is 1. The van der Waals surface area contributed by atoms with Crippen LogP contribution in [-0.4, -0.2) is 47.2 Å². The van der Waals surface area contributed by atoms with Crippen molar-refractivity contribution in [2.24, 2.45) is 0 Å². The van der Waals surface area contributed by atoms with Crippen LogP contribution in [0.15, 0.2) is 0 Å². The van der Waals surface area contributed by atoms with E-state index in [9.17, 15) is 5.11 Å². The Labute approximate surface area is 113 Å². The summed E-state index contributed by atoms with van der Waals surface area (Å²) in [5, 5.41) is 10.7. The lowest BCUT2D eigenvalue weighted by Crippen LogP contribution is -2.48. The van der Waals surface area contributed by atoms with Crippen molar-refractivity contribution in [1.29, 1.82) is 0 Å². The highest BCUT2D eigenvalue weighted by molar-refractivity contribution is 7.15. The molecule has 1 fully saturated rings. The Balaban J connectivity index is 2.03. The van der Waals surface area contributed by atoms with Crippen LogP contribution in [-0.2, 0) is 0 Å². The minimum absolute atomic E-state index is 0.409. The van der Waals surface area contributed by atoms with E-state index in [-0.39, 0.29) is 0 Å². The Kier molecular flexibility index (Phi) is 4.25. The van der Waals surface area contributed by atoms with E-state index in [1.807, 2.05) is 6.92 Å². The lowest BCUT2D eigenvalue weighted by atomic mass is 10.2. The van der Waals surface area contributed by atoms with Crippen molar-refractivity contribution in [2.45, 2.75) is 39.8 Å². The Bertz CT molecular complexity index is 395. The lowest BCUT2D eigenvalue weighted by Gasteiger charge is -2.36. The summed E-state index contributed by atoms with van der Waals surface area (Å²) in [4.78, 5) is 10.4. The van der Waals surface area contributed by atoms with Gasteiger partial charge in [-0.05, 0) is 27.7 Å². The van der Waals surface area contributed by atoms with Gasteiger partial charge in [-0.15, -0.1) is 0 Å². The van der Waals surface area contributed by atoms with Gasteiger partial charge in [0.2, 0.25) is 0 Å². The molecule has 102 valence electrons. The van der Waals surface area contributed by atoms with Crippen molar-refractivity contribution in [1.82, 2.24) is 9.88 Å². The van der Waals surface area contributed by atoms with Crippen LogP contribution >= 0.6 is 11.3 Å². The Hall–Kier alpha value is -0.650. The van der Waals surface area contributed by atoms with Gasteiger partial charge in [0.25, 0.3) is 0 Å². The summed E-state index contributed by atoms with van der Waals surface area (Å²) < 4.78 is 0. The first-order valence-electron chi connectivity index (χ1n) is 6.63. The Morgan fingerprint density at radius 2 is 1.78 bits per heavy atom. The molecule has 2 heterocycles. The van der Waals surface area contributed by atoms with Crippen molar-refractivity contribution in [2.75, 3.05) is 31.1 Å². The maximum absolute atomic E-state index is 9.67. The molecule has 0 bridgehead atoms. The molecule has 1 aliphatic rings. The number of rotatable bonds is 3. The molecule has 1 aromatic heterocycles. The van der Waals surface area contributed by atoms with Crippen LogP contribution in [0.1, 0.15) is 37.4 Å². The van der Waals surface area contributed by atoms with Crippen LogP contribution in [0.5, 0.6) is 0 Å². The first-order chi connectivity index (χ1) is 8.49. The number of aliphatic hydroxyl groups is 1. The van der Waals surface area contributed by atoms with Crippen LogP contribution in [0.3, 0.4) is 0 Å². The van der Waals surface area contributed by atoms with Gasteiger partial charge in [-0.2, -0.15) is 0 Å². The second kappa shape index (κ2) is 5.55. The van der Waals surface area contributed by atoms with Gasteiger partial charge in [0.1, 0.15) is 0 Å². The molecule has 5 heteroatoms. The monoisotopic (exact) mass is 269 g/mol. The summed E-state index contributed by atoms with van der Waals surface area (Å²) >= 11 is 1.63. The van der Waals surface area contributed by atoms with Crippen molar-refractivity contribution in [3.05, 3.63) is 10.6 Å². The highest BCUT2D eigenvalue weighted by atomic mass is 32.1. The normalized spacial score (nSPS) is 19.6. The largest absolute Gasteiger partial charge is 0.388 e. The van der Waals surface area contributed by atoms with E-state index < -0.39 is 6.10 Å². The molecule has 1 saturated heterocycles. The zero-order valence-corrected chi connectivity index (χ0v) is 12.5. The molecule has 0 amide bonds. The van der Waals surface area contributed by atoms with E-state index in [4.69, 9.17) is 0 Å². The number of piperazine rings is 1. The molecule has 1 atom stereocenters. The minimum atomic E-state index is -0.409. The number of aliphatic hydroxyl groups excluding tert-OH is 1. The van der Waals surface area contributed by atoms with Crippen LogP contribution < -0.4 is 4.90 Å². The fraction of sp³-hybridized carbons (Fsp3) is 0.769. The van der Waals surface area contributed by atoms with Crippen molar-refractivity contribution < 1.29 is 5.11 Å². The van der Waals surface area contributed by atoms with Crippen LogP contribution in [0, 0.1) is 6.92 Å². The van der Waals surface area contributed by atoms with Gasteiger partial charge in [-0.25, -0.2) is 4.98 Å². The molecule has 18 heavy (non-hydrogen) atoms. The smallest absolute Gasteiger partial charge is 0.185 e. The molecular weight excluding hydrogens is 246 g/mol. The SMILES string of the molecule is Cc1nc(N2CCN(C(C)C)CC2)sc1C(C)O. The molecule has 2 rings (SSSR count). The summed E-state index contributed by atoms with van der Waals surface area (Å²) in [6.07, 6.45) is -0.409. The number of nitrogens with zero attached hydrogens (tertiary/aromatic N) is 3. The average molecular weight is 269 g/mol. The van der Waals surface area contributed by atoms with Crippen molar-refractivity contribution in [3.8, 4) is 0 Å². The van der Waals surface area contributed by atoms with Crippen LogP contribution in [0.2, 0.25) is 0 Å². The molecule has 0 aliphatic carbocycles. The van der Waals surface area contributed by atoms with E-state index in [1.165, 1.54) is 0 Å². The van der Waals surface area contributed by atoms with Crippen molar-refractivity contribution >= 4 is 16.5 Å². The maximum atomic E-state index is 9.67. The lowest BCUT2D eigenvalue weighted by molar-refractivity contribution is 0.202. The molecule has 1 aliphatic heterocycles. The number of anilines is 1. The molecule has 0 radical (unpaired) electrons. The van der Waals surface area contributed by atoms with Gasteiger partial charge in [0, 0.05) is 32.2 Å². The number of aromatic nitrogens is 1. The van der Waals surface area contributed by atoms with Crippen LogP contribution in [0.4, 0.5) is 5.13 Å². The summed E-state index contributed by atoms with van der Waals surface area (Å²) in [7, 11) is 0. The number of hydrogen-bond donors (Lipinski definition) is 1. The second-order valence-electron chi connectivity index (χ2n) is 5.24. The van der Waals surface area contributed by atoms with Gasteiger partial charge < -0.3 is 10.0 Å². The third-order valence-electron chi connectivity index (χ3n) is 3.52. The van der Waals surface area contributed by atoms with E-state index in [2.05, 4.69) is 28.6 Å². The van der Waals surface area contributed by atoms with Crippen LogP contribution in [0.25, 0.3) is 0 Å². The fourth-order valence-corrected chi connectivity index (χ4v) is 3.40. The molecule has 0 aromatic carbocycles. The first-order valence-corrected chi connectivity index (χ1v) is 7.45. The molecule has 1 aromatic rings. The average Bonchev–Trinajstić information content (AvgIpc) is 2.71. The standard InChI is InChI=1S/C13H23N3OS/c1-9(2)15-5-7-16(8-6-15)13-14-10(3)12(18-13)11(4)17/h9,11,17H,5-8H2,1-4H3. The maximum Gasteiger partial charge on any atom is 0.185 e. The summed E-state index contributed by atoms with van der Waals surface area (Å²) in [5.41, 5.74) is 0.969. The number of hydrogen-bond acceptors (Lipinski definition) is 5. The van der Waals surface area contributed by atoms with Gasteiger partial charge in [0.15, 0.2) is 5.13 Å². The second-order valence-corrected chi connectivity index (χ2v) is 6.25. The topological polar surface area (TPSA) is 39.6 Å². The quantitative estimate of drug-likeness (QED) is 0.911. The van der Waals surface area contributed by atoms with E-state index in [0.717, 1.165) is 41.9 Å². The molecule has 4 nitrogen and oxygen atoms in total. The van der Waals surface area contributed by atoms with Gasteiger partial charge in [0.05, 0.1) is 16.7 Å². The van der Waals surface area contributed by atoms with E-state index >= 15 is 0 Å². The molecular formula is C13H23N3OS. The summed E-state index contributed by atoms with van der Waals surface area (Å²) in [5.74, 6) is 0. The zero-order chi connectivity index (χ0) is 13.3. The summed E-state index contributed by atoms with van der Waals surface area (Å²) in [6.45, 7) is 12.5. The Morgan fingerprint density at radius 3 is 2.22 bits per heavy atom. The highest BCUT2D eigenvalue weighted by Crippen LogP contribution is 2.31. The third kappa shape index (κ3) is 2.84. The van der Waals surface area contributed by atoms with Crippen molar-refractivity contribution in [3.63, 3.8) is 0 Å². The molecule has 0 saturated carbocycles. The van der Waals surface area contributed by atoms with E-state index in [1.54, 1.807) is 18.3 Å². The highest BCUT2D eigenvalue weighted by Gasteiger charge is 2.22. The Morgan fingerprint density at radius 1 is 1.17 bits per heavy atom. The third-order valence-corrected chi connectivity index (χ3v) is 4.90. The first kappa shape index (κ1) is 13.8. The molecule has 1 unspecified atom stereocenters. The summed E-state index contributed by atoms with van der Waals surface area (Å²) in [6, 6.07) is 0.623. The predicted molar refractivity (Wildman–Crippen MR) is 76.4 cm³/mol. The number of thiazole rings is 1. The predicted octanol–water partition coefficient (Wildman–Crippen LogP) is 2.04.